The standard InChI is InChI=1S/C54H82N12O11/c1-11-12-28-57-46-62-43(55)42-44(63-46)66(47(69)61-42)35-37-22-24-39(25-23-37)59-45(68)40(60-49(71)74-36-38-20-14-13-15-21-38)26-27-41(67)56-29-18-33-64(50(72)76-53(5,6)7)31-16-17-32-65(51(73)77-54(8,9)10)34-19-30-58-48(70)75-52(2,3)4/h13-15,20-25,40H,11-12,16-19,26-36H2,1-10H3,(H,56,67)(H,58,70)(H,59,68)(H,60,71)(H,61,69)(H3,55,57,62,63)/t40-/m0/s1. The zero-order valence-electron chi connectivity index (χ0n) is 46.6. The van der Waals surface area contributed by atoms with Crippen LogP contribution in [-0.4, -0.2) is 139 Å². The van der Waals surface area contributed by atoms with Crippen LogP contribution in [0.15, 0.2) is 54.6 Å². The van der Waals surface area contributed by atoms with Crippen molar-refractivity contribution >= 4 is 64.8 Å². The summed E-state index contributed by atoms with van der Waals surface area (Å²) in [4.78, 5) is 94.9. The Labute approximate surface area is 452 Å². The highest BCUT2D eigenvalue weighted by atomic mass is 16.6. The third-order valence-electron chi connectivity index (χ3n) is 11.1. The third-order valence-corrected chi connectivity index (χ3v) is 11.1. The first-order chi connectivity index (χ1) is 36.3. The van der Waals surface area contributed by atoms with E-state index in [1.165, 1.54) is 4.57 Å². The predicted molar refractivity (Wildman–Crippen MR) is 293 cm³/mol. The molecule has 4 rings (SSSR count). The number of rotatable bonds is 27. The van der Waals surface area contributed by atoms with Gasteiger partial charge in [-0.3, -0.25) is 14.2 Å². The monoisotopic (exact) mass is 1070 g/mol. The fraction of sp³-hybridized carbons (Fsp3) is 0.574. The molecule has 0 aliphatic heterocycles. The largest absolute Gasteiger partial charge is 0.480 e. The van der Waals surface area contributed by atoms with Crippen LogP contribution in [0.4, 0.5) is 36.6 Å². The molecule has 0 saturated carbocycles. The number of nitrogens with zero attached hydrogens (tertiary/aromatic N) is 6. The minimum atomic E-state index is -1.17. The zero-order valence-corrected chi connectivity index (χ0v) is 46.6. The Morgan fingerprint density at radius 1 is 0.675 bits per heavy atom. The van der Waals surface area contributed by atoms with Crippen molar-refractivity contribution < 1.29 is 52.8 Å². The normalized spacial score (nSPS) is 12.0. The molecule has 0 radical (unpaired) electrons. The zero-order chi connectivity index (χ0) is 56.8. The van der Waals surface area contributed by atoms with Crippen molar-refractivity contribution in [3.05, 3.63) is 65.7 Å². The second-order valence-corrected chi connectivity index (χ2v) is 21.5. The molecule has 4 aromatic rings. The molecule has 23 heteroatoms. The predicted octanol–water partition coefficient (Wildman–Crippen LogP) is 8.06. The average Bonchev–Trinajstić information content (AvgIpc) is 3.65. The van der Waals surface area contributed by atoms with Crippen LogP contribution in [0.1, 0.15) is 132 Å². The summed E-state index contributed by atoms with van der Waals surface area (Å²) in [5.41, 5.74) is 6.53. The number of carbonyl (C=O) groups is 6. The van der Waals surface area contributed by atoms with E-state index in [-0.39, 0.29) is 68.9 Å². The highest BCUT2D eigenvalue weighted by molar-refractivity contribution is 5.97. The molecule has 424 valence electrons. The molecule has 2 aromatic heterocycles. The number of unbranched alkanes of at least 4 members (excludes halogenated alkanes) is 2. The number of nitrogens with one attached hydrogen (secondary N) is 5. The average molecular weight is 1080 g/mol. The van der Waals surface area contributed by atoms with E-state index < -0.39 is 53.1 Å². The molecule has 2 aromatic carbocycles. The van der Waals surface area contributed by atoms with Gasteiger partial charge in [-0.2, -0.15) is 15.0 Å². The first-order valence-electron chi connectivity index (χ1n) is 26.3. The van der Waals surface area contributed by atoms with Crippen molar-refractivity contribution in [1.82, 2.24) is 45.3 Å². The van der Waals surface area contributed by atoms with Gasteiger partial charge in [0.1, 0.15) is 29.5 Å². The molecule has 2 heterocycles. The Kier molecular flexibility index (Phi) is 23.8. The van der Waals surface area contributed by atoms with E-state index in [1.54, 1.807) is 109 Å². The number of fused-ring (bicyclic) bond motifs is 1. The summed E-state index contributed by atoms with van der Waals surface area (Å²) >= 11 is 0. The molecular formula is C54H82N12O11. The Bertz CT molecular complexity index is 2540. The summed E-state index contributed by atoms with van der Waals surface area (Å²) < 4.78 is 23.6. The van der Waals surface area contributed by atoms with E-state index in [4.69, 9.17) is 24.7 Å². The van der Waals surface area contributed by atoms with Crippen LogP contribution < -0.4 is 32.3 Å². The van der Waals surface area contributed by atoms with E-state index in [1.807, 2.05) is 18.2 Å². The number of anilines is 3. The summed E-state index contributed by atoms with van der Waals surface area (Å²) in [6, 6.07) is 14.4. The Morgan fingerprint density at radius 2 is 1.25 bits per heavy atom. The van der Waals surface area contributed by atoms with Gasteiger partial charge in [0.05, 0.1) is 6.54 Å². The van der Waals surface area contributed by atoms with Crippen LogP contribution >= 0.6 is 0 Å². The maximum atomic E-state index is 13.8. The van der Waals surface area contributed by atoms with Gasteiger partial charge in [-0.15, -0.1) is 0 Å². The summed E-state index contributed by atoms with van der Waals surface area (Å²) in [5.74, 6) is -0.527. The number of carbonyl (C=O) groups excluding carboxylic acids is 6. The molecule has 8 N–H and O–H groups in total. The Balaban J connectivity index is 1.34. The lowest BCUT2D eigenvalue weighted by atomic mass is 10.1. The lowest BCUT2D eigenvalue weighted by molar-refractivity contribution is -0.122. The quantitative estimate of drug-likeness (QED) is 0.0219. The lowest BCUT2D eigenvalue weighted by Crippen LogP contribution is -2.44. The second-order valence-electron chi connectivity index (χ2n) is 21.5. The van der Waals surface area contributed by atoms with Crippen molar-refractivity contribution in [2.75, 3.05) is 62.2 Å². The highest BCUT2D eigenvalue weighted by Gasteiger charge is 2.26. The van der Waals surface area contributed by atoms with Crippen molar-refractivity contribution in [2.45, 2.75) is 157 Å². The number of nitrogens with two attached hydrogens (primary N) is 1. The van der Waals surface area contributed by atoms with Gasteiger partial charge in [0.25, 0.3) is 6.01 Å². The first-order valence-corrected chi connectivity index (χ1v) is 26.3. The van der Waals surface area contributed by atoms with Crippen LogP contribution in [0.25, 0.3) is 11.2 Å². The van der Waals surface area contributed by atoms with Gasteiger partial charge in [-0.1, -0.05) is 55.8 Å². The van der Waals surface area contributed by atoms with Crippen LogP contribution in [0.3, 0.4) is 0 Å². The van der Waals surface area contributed by atoms with Gasteiger partial charge < -0.3 is 66.2 Å². The minimum absolute atomic E-state index is 0.0402. The van der Waals surface area contributed by atoms with Crippen molar-refractivity contribution in [1.29, 1.82) is 0 Å². The number of hydrogen-bond acceptors (Lipinski definition) is 16. The number of nitrogen functional groups attached to an aromatic ring is 1. The number of aromatic hydroxyl groups is 1. The van der Waals surface area contributed by atoms with Crippen LogP contribution in [0, 0.1) is 0 Å². The smallest absolute Gasteiger partial charge is 0.410 e. The molecule has 1 atom stereocenters. The van der Waals surface area contributed by atoms with E-state index in [0.29, 0.717) is 69.1 Å². The van der Waals surface area contributed by atoms with Crippen LogP contribution in [0.2, 0.25) is 0 Å². The minimum Gasteiger partial charge on any atom is -0.480 e. The number of imidazole rings is 1. The molecule has 0 saturated heterocycles. The number of amides is 6. The number of benzene rings is 2. The van der Waals surface area contributed by atoms with E-state index in [0.717, 1.165) is 24.0 Å². The van der Waals surface area contributed by atoms with Gasteiger partial charge >= 0.3 is 24.4 Å². The van der Waals surface area contributed by atoms with Crippen LogP contribution in [0.5, 0.6) is 6.01 Å². The maximum Gasteiger partial charge on any atom is 0.410 e. The van der Waals surface area contributed by atoms with Crippen molar-refractivity contribution in [3.8, 4) is 6.01 Å². The van der Waals surface area contributed by atoms with Gasteiger partial charge in [0.15, 0.2) is 17.0 Å². The van der Waals surface area contributed by atoms with Gasteiger partial charge in [0.2, 0.25) is 17.8 Å². The fourth-order valence-corrected chi connectivity index (χ4v) is 7.38. The molecule has 0 fully saturated rings. The molecule has 6 amide bonds. The second kappa shape index (κ2) is 29.6. The van der Waals surface area contributed by atoms with Gasteiger partial charge in [0, 0.05) is 57.9 Å². The van der Waals surface area contributed by atoms with E-state index in [9.17, 15) is 33.9 Å². The molecule has 0 spiro atoms. The van der Waals surface area contributed by atoms with E-state index in [2.05, 4.69) is 48.5 Å². The maximum absolute atomic E-state index is 13.8. The van der Waals surface area contributed by atoms with Crippen molar-refractivity contribution in [3.63, 3.8) is 0 Å². The summed E-state index contributed by atoms with van der Waals surface area (Å²) in [5, 5.41) is 24.9. The molecule has 0 unspecified atom stereocenters. The van der Waals surface area contributed by atoms with Gasteiger partial charge in [-0.05, 0) is 124 Å². The molecule has 0 aliphatic carbocycles. The van der Waals surface area contributed by atoms with Crippen LogP contribution in [-0.2, 0) is 41.7 Å². The van der Waals surface area contributed by atoms with Crippen molar-refractivity contribution in [2.24, 2.45) is 0 Å². The highest BCUT2D eigenvalue weighted by Crippen LogP contribution is 2.26. The fourth-order valence-electron chi connectivity index (χ4n) is 7.38. The first kappa shape index (κ1) is 62.0. The summed E-state index contributed by atoms with van der Waals surface area (Å²) in [6.45, 7) is 20.6. The number of ether oxygens (including phenoxy) is 4. The topological polar surface area (TPSA) is 296 Å². The molecule has 0 aliphatic rings. The molecule has 23 nitrogen and oxygen atoms in total. The number of aromatic nitrogens is 4. The SMILES string of the molecule is CCCCNc1nc(N)c2nc(O)n(Cc3ccc(NC(=O)[C@H](CCC(=O)NCCCN(CCCCN(CCCNC(=O)OC(C)(C)C)C(=O)OC(C)(C)C)C(=O)OC(C)(C)C)NC(=O)OCc4ccccc4)cc3)c2n1. The molecule has 0 bridgehead atoms. The van der Waals surface area contributed by atoms with Gasteiger partial charge in [-0.25, -0.2) is 19.2 Å². The van der Waals surface area contributed by atoms with E-state index >= 15 is 0 Å². The molecule has 77 heavy (non-hydrogen) atoms. The third kappa shape index (κ3) is 23.5. The molecular weight excluding hydrogens is 993 g/mol. The number of alkyl carbamates (subject to hydrolysis) is 2. The number of hydrogen-bond donors (Lipinski definition) is 7. The summed E-state index contributed by atoms with van der Waals surface area (Å²) in [7, 11) is 0. The Morgan fingerprint density at radius 3 is 1.82 bits per heavy atom. The lowest BCUT2D eigenvalue weighted by Gasteiger charge is -2.29. The Hall–Kier alpha value is -7.59. The summed E-state index contributed by atoms with van der Waals surface area (Å²) in [6.07, 6.45) is 1.16.